The molecule has 0 aliphatic rings. The molecule has 0 aliphatic carbocycles. The van der Waals surface area contributed by atoms with E-state index in [9.17, 15) is 18.0 Å². The number of carbonyl (C=O) groups is 2. The number of carbonyl (C=O) groups excluding carboxylic acids is 2. The summed E-state index contributed by atoms with van der Waals surface area (Å²) in [6.45, 7) is 1.60. The molecular formula is C8H17N3O4S. The molecule has 0 bridgehead atoms. The van der Waals surface area contributed by atoms with E-state index in [-0.39, 0.29) is 30.5 Å². The zero-order chi connectivity index (χ0) is 12.8. The van der Waals surface area contributed by atoms with Crippen molar-refractivity contribution in [2.45, 2.75) is 19.8 Å². The van der Waals surface area contributed by atoms with Crippen LogP contribution in [0.4, 0.5) is 0 Å². The summed E-state index contributed by atoms with van der Waals surface area (Å²) in [6.07, 6.45) is 0.477. The van der Waals surface area contributed by atoms with Crippen LogP contribution in [0.5, 0.6) is 0 Å². The Hall–Kier alpha value is -1.15. The van der Waals surface area contributed by atoms with Gasteiger partial charge < -0.3 is 11.1 Å². The highest BCUT2D eigenvalue weighted by atomic mass is 32.2. The third-order valence-corrected chi connectivity index (χ3v) is 2.77. The molecule has 7 nitrogen and oxygen atoms in total. The minimum absolute atomic E-state index is 0.0252. The van der Waals surface area contributed by atoms with Gasteiger partial charge in [-0.25, -0.2) is 13.6 Å². The van der Waals surface area contributed by atoms with Gasteiger partial charge in [0.2, 0.25) is 21.8 Å². The van der Waals surface area contributed by atoms with Crippen LogP contribution < -0.4 is 16.2 Å². The van der Waals surface area contributed by atoms with Crippen LogP contribution in [-0.2, 0) is 19.6 Å². The minimum atomic E-state index is -3.55. The molecule has 0 unspecified atom stereocenters. The zero-order valence-electron chi connectivity index (χ0n) is 9.10. The van der Waals surface area contributed by atoms with Crippen LogP contribution in [0.15, 0.2) is 0 Å². The second-order valence-electron chi connectivity index (χ2n) is 3.56. The van der Waals surface area contributed by atoms with E-state index in [0.29, 0.717) is 6.42 Å². The molecule has 0 rings (SSSR count). The van der Waals surface area contributed by atoms with Gasteiger partial charge in [0.1, 0.15) is 0 Å². The second kappa shape index (κ2) is 6.44. The number of rotatable bonds is 7. The predicted octanol–water partition coefficient (Wildman–Crippen LogP) is -1.71. The van der Waals surface area contributed by atoms with Crippen molar-refractivity contribution in [3.8, 4) is 0 Å². The SMILES string of the molecule is C[C@@H](CCC(=O)NCCS(N)(=O)=O)C(N)=O. The Morgan fingerprint density at radius 2 is 1.94 bits per heavy atom. The third-order valence-electron chi connectivity index (χ3n) is 2.00. The van der Waals surface area contributed by atoms with E-state index >= 15 is 0 Å². The Balaban J connectivity index is 3.72. The van der Waals surface area contributed by atoms with Crippen LogP contribution in [0, 0.1) is 5.92 Å². The van der Waals surface area contributed by atoms with Gasteiger partial charge in [-0.15, -0.1) is 0 Å². The topological polar surface area (TPSA) is 132 Å². The van der Waals surface area contributed by atoms with E-state index in [2.05, 4.69) is 5.32 Å². The number of nitrogens with one attached hydrogen (secondary N) is 1. The molecule has 0 spiro atoms. The summed E-state index contributed by atoms with van der Waals surface area (Å²) in [5.74, 6) is -1.46. The monoisotopic (exact) mass is 251 g/mol. The number of primary amides is 1. The Labute approximate surface area is 94.6 Å². The number of primary sulfonamides is 1. The van der Waals surface area contributed by atoms with Crippen LogP contribution in [0.25, 0.3) is 0 Å². The Morgan fingerprint density at radius 1 is 1.38 bits per heavy atom. The second-order valence-corrected chi connectivity index (χ2v) is 5.29. The van der Waals surface area contributed by atoms with E-state index in [1.807, 2.05) is 0 Å². The van der Waals surface area contributed by atoms with Gasteiger partial charge in [0.05, 0.1) is 5.75 Å². The molecule has 8 heteroatoms. The normalized spacial score (nSPS) is 13.1. The summed E-state index contributed by atoms with van der Waals surface area (Å²) in [4.78, 5) is 21.8. The molecule has 0 saturated heterocycles. The lowest BCUT2D eigenvalue weighted by molar-refractivity contribution is -0.123. The Morgan fingerprint density at radius 3 is 2.38 bits per heavy atom. The molecule has 1 atom stereocenters. The van der Waals surface area contributed by atoms with Crippen molar-refractivity contribution in [1.29, 1.82) is 0 Å². The van der Waals surface area contributed by atoms with Crippen molar-refractivity contribution in [1.82, 2.24) is 5.32 Å². The third kappa shape index (κ3) is 8.18. The molecule has 0 aromatic rings. The zero-order valence-corrected chi connectivity index (χ0v) is 9.92. The number of sulfonamides is 1. The van der Waals surface area contributed by atoms with Gasteiger partial charge in [-0.1, -0.05) is 6.92 Å². The predicted molar refractivity (Wildman–Crippen MR) is 58.6 cm³/mol. The van der Waals surface area contributed by atoms with E-state index in [4.69, 9.17) is 10.9 Å². The van der Waals surface area contributed by atoms with Gasteiger partial charge >= 0.3 is 0 Å². The highest BCUT2D eigenvalue weighted by molar-refractivity contribution is 7.89. The van der Waals surface area contributed by atoms with E-state index in [1.165, 1.54) is 0 Å². The first kappa shape index (κ1) is 14.8. The molecule has 0 saturated carbocycles. The van der Waals surface area contributed by atoms with Gasteiger partial charge in [0.25, 0.3) is 0 Å². The first-order valence-electron chi connectivity index (χ1n) is 4.79. The fraction of sp³-hybridized carbons (Fsp3) is 0.750. The van der Waals surface area contributed by atoms with Crippen LogP contribution in [-0.4, -0.2) is 32.5 Å². The highest BCUT2D eigenvalue weighted by Crippen LogP contribution is 2.03. The standard InChI is InChI=1S/C8H17N3O4S/c1-6(8(9)13)2-3-7(12)11-4-5-16(10,14)15/h6H,2-5H2,1H3,(H2,9,13)(H,11,12)(H2,10,14,15)/t6-/m0/s1. The molecule has 0 fully saturated rings. The van der Waals surface area contributed by atoms with Crippen molar-refractivity contribution in [2.24, 2.45) is 16.8 Å². The minimum Gasteiger partial charge on any atom is -0.369 e. The molecule has 5 N–H and O–H groups in total. The van der Waals surface area contributed by atoms with Crippen LogP contribution in [0.3, 0.4) is 0 Å². The molecule has 0 aromatic carbocycles. The summed E-state index contributed by atoms with van der Waals surface area (Å²) in [7, 11) is -3.55. The van der Waals surface area contributed by atoms with Crippen LogP contribution >= 0.6 is 0 Å². The van der Waals surface area contributed by atoms with Gasteiger partial charge in [-0.3, -0.25) is 9.59 Å². The fourth-order valence-corrected chi connectivity index (χ4v) is 1.30. The summed E-state index contributed by atoms with van der Waals surface area (Å²) < 4.78 is 21.1. The van der Waals surface area contributed by atoms with E-state index in [0.717, 1.165) is 0 Å². The Bertz CT molecular complexity index is 352. The molecule has 2 amide bonds. The van der Waals surface area contributed by atoms with Gasteiger partial charge in [0, 0.05) is 18.9 Å². The maximum atomic E-state index is 11.2. The van der Waals surface area contributed by atoms with Crippen LogP contribution in [0.2, 0.25) is 0 Å². The largest absolute Gasteiger partial charge is 0.369 e. The lowest BCUT2D eigenvalue weighted by Gasteiger charge is -2.07. The van der Waals surface area contributed by atoms with Crippen LogP contribution in [0.1, 0.15) is 19.8 Å². The number of amides is 2. The summed E-state index contributed by atoms with van der Waals surface area (Å²) in [5, 5.41) is 7.13. The molecule has 0 radical (unpaired) electrons. The highest BCUT2D eigenvalue weighted by Gasteiger charge is 2.11. The first-order chi connectivity index (χ1) is 7.22. The summed E-state index contributed by atoms with van der Waals surface area (Å²) in [6, 6.07) is 0. The number of nitrogens with two attached hydrogens (primary N) is 2. The molecule has 0 aliphatic heterocycles. The molecule has 0 aromatic heterocycles. The maximum absolute atomic E-state index is 11.2. The number of hydrogen-bond acceptors (Lipinski definition) is 4. The van der Waals surface area contributed by atoms with Gasteiger partial charge in [-0.2, -0.15) is 0 Å². The fourth-order valence-electron chi connectivity index (χ4n) is 0.911. The van der Waals surface area contributed by atoms with Crippen molar-refractivity contribution in [3.63, 3.8) is 0 Å². The summed E-state index contributed by atoms with van der Waals surface area (Å²) >= 11 is 0. The molecule has 16 heavy (non-hydrogen) atoms. The molecule has 94 valence electrons. The van der Waals surface area contributed by atoms with Gasteiger partial charge in [-0.05, 0) is 6.42 Å². The van der Waals surface area contributed by atoms with E-state index < -0.39 is 15.9 Å². The van der Waals surface area contributed by atoms with Crippen molar-refractivity contribution in [3.05, 3.63) is 0 Å². The van der Waals surface area contributed by atoms with Crippen molar-refractivity contribution in [2.75, 3.05) is 12.3 Å². The average molecular weight is 251 g/mol. The Kier molecular flexibility index (Phi) is 5.97. The van der Waals surface area contributed by atoms with Crippen molar-refractivity contribution < 1.29 is 18.0 Å². The number of hydrogen-bond donors (Lipinski definition) is 3. The smallest absolute Gasteiger partial charge is 0.220 e. The van der Waals surface area contributed by atoms with Gasteiger partial charge in [0.15, 0.2) is 0 Å². The van der Waals surface area contributed by atoms with Crippen molar-refractivity contribution >= 4 is 21.8 Å². The average Bonchev–Trinajstić information content (AvgIpc) is 2.11. The lowest BCUT2D eigenvalue weighted by Crippen LogP contribution is -2.32. The van der Waals surface area contributed by atoms with E-state index in [1.54, 1.807) is 6.92 Å². The summed E-state index contributed by atoms with van der Waals surface area (Å²) in [5.41, 5.74) is 5.01. The molecule has 0 heterocycles. The maximum Gasteiger partial charge on any atom is 0.220 e. The quantitative estimate of drug-likeness (QED) is 0.497. The lowest BCUT2D eigenvalue weighted by atomic mass is 10.1. The molecular weight excluding hydrogens is 234 g/mol. The first-order valence-corrected chi connectivity index (χ1v) is 6.50.